The van der Waals surface area contributed by atoms with Crippen LogP contribution in [0.2, 0.25) is 10.0 Å². The van der Waals surface area contributed by atoms with Crippen molar-refractivity contribution in [1.29, 1.82) is 0 Å². The predicted octanol–water partition coefficient (Wildman–Crippen LogP) is 4.55. The Kier molecular flexibility index (Phi) is 5.54. The van der Waals surface area contributed by atoms with Crippen molar-refractivity contribution in [2.24, 2.45) is 5.73 Å². The molecule has 3 rings (SSSR count). The van der Waals surface area contributed by atoms with Crippen LogP contribution in [0.3, 0.4) is 0 Å². The maximum absolute atomic E-state index is 13.7. The molecule has 0 aliphatic heterocycles. The van der Waals surface area contributed by atoms with Crippen molar-refractivity contribution in [3.8, 4) is 5.69 Å². The highest BCUT2D eigenvalue weighted by Crippen LogP contribution is 2.34. The van der Waals surface area contributed by atoms with Crippen molar-refractivity contribution < 1.29 is 22.8 Å². The summed E-state index contributed by atoms with van der Waals surface area (Å²) in [5.74, 6) is -1.91. The summed E-state index contributed by atoms with van der Waals surface area (Å²) in [6.07, 6.45) is -4.12. The summed E-state index contributed by atoms with van der Waals surface area (Å²) in [7, 11) is 0. The second kappa shape index (κ2) is 7.76. The molecule has 0 aliphatic carbocycles. The molecule has 0 fully saturated rings. The van der Waals surface area contributed by atoms with E-state index in [4.69, 9.17) is 28.9 Å². The highest BCUT2D eigenvalue weighted by Gasteiger charge is 2.40. The van der Waals surface area contributed by atoms with Crippen LogP contribution in [0.1, 0.15) is 26.4 Å². The minimum absolute atomic E-state index is 0.0131. The van der Waals surface area contributed by atoms with E-state index in [9.17, 15) is 22.8 Å². The zero-order chi connectivity index (χ0) is 21.3. The number of primary amides is 1. The second-order valence-electron chi connectivity index (χ2n) is 5.81. The van der Waals surface area contributed by atoms with Crippen LogP contribution in [0.25, 0.3) is 5.69 Å². The number of nitrogens with zero attached hydrogens (tertiary/aromatic N) is 2. The molecule has 150 valence electrons. The summed E-state index contributed by atoms with van der Waals surface area (Å²) in [5.41, 5.74) is 3.11. The lowest BCUT2D eigenvalue weighted by atomic mass is 10.1. The van der Waals surface area contributed by atoms with Crippen molar-refractivity contribution in [1.82, 2.24) is 9.78 Å². The Balaban J connectivity index is 2.04. The molecule has 1 aromatic heterocycles. The van der Waals surface area contributed by atoms with Gasteiger partial charge in [0, 0.05) is 10.6 Å². The van der Waals surface area contributed by atoms with Crippen molar-refractivity contribution >= 4 is 40.7 Å². The first-order chi connectivity index (χ1) is 13.6. The van der Waals surface area contributed by atoms with Crippen LogP contribution < -0.4 is 11.1 Å². The van der Waals surface area contributed by atoms with Gasteiger partial charge in [0.2, 0.25) is 5.91 Å². The first kappa shape index (κ1) is 20.7. The highest BCUT2D eigenvalue weighted by molar-refractivity contribution is 6.34. The maximum Gasteiger partial charge on any atom is 0.434 e. The van der Waals surface area contributed by atoms with Gasteiger partial charge in [-0.3, -0.25) is 9.59 Å². The van der Waals surface area contributed by atoms with Crippen molar-refractivity contribution in [2.45, 2.75) is 6.18 Å². The van der Waals surface area contributed by atoms with Gasteiger partial charge in [-0.1, -0.05) is 29.3 Å². The number of hydrogen-bond acceptors (Lipinski definition) is 3. The molecule has 0 atom stereocenters. The fourth-order valence-electron chi connectivity index (χ4n) is 2.56. The fraction of sp³-hybridized carbons (Fsp3) is 0.0556. The van der Waals surface area contributed by atoms with Gasteiger partial charge in [0.15, 0.2) is 5.69 Å². The average Bonchev–Trinajstić information content (AvgIpc) is 3.09. The number of aromatic nitrogens is 2. The number of anilines is 1. The number of benzene rings is 2. The molecule has 3 aromatic rings. The largest absolute Gasteiger partial charge is 0.434 e. The third kappa shape index (κ3) is 4.36. The molecule has 0 saturated heterocycles. The van der Waals surface area contributed by atoms with Gasteiger partial charge < -0.3 is 11.1 Å². The van der Waals surface area contributed by atoms with Gasteiger partial charge >= 0.3 is 6.18 Å². The van der Waals surface area contributed by atoms with Gasteiger partial charge in [-0.2, -0.15) is 18.3 Å². The summed E-state index contributed by atoms with van der Waals surface area (Å²) in [5, 5.41) is 6.16. The molecule has 2 amide bonds. The van der Waals surface area contributed by atoms with Crippen LogP contribution in [-0.4, -0.2) is 21.6 Å². The molecular formula is C18H11Cl2F3N4O2. The first-order valence-electron chi connectivity index (χ1n) is 7.90. The standard InChI is InChI=1S/C18H11Cl2F3N4O2/c19-10-2-1-3-11(7-10)27-15(18(21,22)23)12(8-25-27)17(29)26-14-6-9(16(24)28)4-5-13(14)20/h1-8H,(H2,24,28)(H,26,29). The number of carbonyl (C=O) groups is 2. The SMILES string of the molecule is NC(=O)c1ccc(Cl)c(NC(=O)c2cnn(-c3cccc(Cl)c3)c2C(F)(F)F)c1. The number of nitrogens with two attached hydrogens (primary N) is 1. The van der Waals surface area contributed by atoms with E-state index in [0.717, 1.165) is 12.3 Å². The average molecular weight is 443 g/mol. The highest BCUT2D eigenvalue weighted by atomic mass is 35.5. The van der Waals surface area contributed by atoms with E-state index in [2.05, 4.69) is 10.4 Å². The number of hydrogen-bond donors (Lipinski definition) is 2. The number of halogens is 5. The molecule has 0 saturated carbocycles. The Morgan fingerprint density at radius 2 is 1.83 bits per heavy atom. The van der Waals surface area contributed by atoms with Gasteiger partial charge in [-0.05, 0) is 36.4 Å². The van der Waals surface area contributed by atoms with E-state index >= 15 is 0 Å². The number of rotatable bonds is 4. The Labute approximate surface area is 172 Å². The van der Waals surface area contributed by atoms with Crippen molar-refractivity contribution in [3.05, 3.63) is 75.5 Å². The molecule has 0 spiro atoms. The summed E-state index contributed by atoms with van der Waals surface area (Å²) >= 11 is 11.8. The Hall–Kier alpha value is -3.04. The quantitative estimate of drug-likeness (QED) is 0.620. The first-order valence-corrected chi connectivity index (χ1v) is 8.65. The van der Waals surface area contributed by atoms with Crippen LogP contribution in [0.4, 0.5) is 18.9 Å². The molecule has 11 heteroatoms. The topological polar surface area (TPSA) is 90.0 Å². The summed E-state index contributed by atoms with van der Waals surface area (Å²) in [6.45, 7) is 0. The minimum Gasteiger partial charge on any atom is -0.366 e. The van der Waals surface area contributed by atoms with E-state index in [0.29, 0.717) is 4.68 Å². The summed E-state index contributed by atoms with van der Waals surface area (Å²) in [6, 6.07) is 9.35. The van der Waals surface area contributed by atoms with E-state index in [1.165, 1.54) is 36.4 Å². The lowest BCUT2D eigenvalue weighted by Crippen LogP contribution is -2.21. The van der Waals surface area contributed by atoms with Gasteiger partial charge in [0.1, 0.15) is 0 Å². The van der Waals surface area contributed by atoms with Crippen molar-refractivity contribution in [3.63, 3.8) is 0 Å². The van der Waals surface area contributed by atoms with E-state index in [1.54, 1.807) is 0 Å². The Bertz CT molecular complexity index is 1110. The van der Waals surface area contributed by atoms with Crippen LogP contribution in [0, 0.1) is 0 Å². The molecular weight excluding hydrogens is 432 g/mol. The Morgan fingerprint density at radius 1 is 1.10 bits per heavy atom. The third-order valence-corrected chi connectivity index (χ3v) is 4.40. The van der Waals surface area contributed by atoms with E-state index < -0.39 is 29.2 Å². The normalized spacial score (nSPS) is 11.3. The summed E-state index contributed by atoms with van der Waals surface area (Å²) in [4.78, 5) is 23.8. The molecule has 0 radical (unpaired) electrons. The minimum atomic E-state index is -4.90. The zero-order valence-corrected chi connectivity index (χ0v) is 15.8. The molecule has 6 nitrogen and oxygen atoms in total. The summed E-state index contributed by atoms with van der Waals surface area (Å²) < 4.78 is 41.7. The fourth-order valence-corrected chi connectivity index (χ4v) is 2.90. The molecule has 1 heterocycles. The van der Waals surface area contributed by atoms with Crippen LogP contribution in [-0.2, 0) is 6.18 Å². The zero-order valence-electron chi connectivity index (χ0n) is 14.3. The molecule has 3 N–H and O–H groups in total. The number of amides is 2. The van der Waals surface area contributed by atoms with Crippen LogP contribution in [0.5, 0.6) is 0 Å². The Morgan fingerprint density at radius 3 is 2.45 bits per heavy atom. The lowest BCUT2D eigenvalue weighted by molar-refractivity contribution is -0.143. The third-order valence-electron chi connectivity index (χ3n) is 3.83. The number of carbonyl (C=O) groups excluding carboxylic acids is 2. The van der Waals surface area contributed by atoms with Gasteiger partial charge in [0.25, 0.3) is 5.91 Å². The van der Waals surface area contributed by atoms with Crippen LogP contribution in [0.15, 0.2) is 48.7 Å². The number of nitrogens with one attached hydrogen (secondary N) is 1. The molecule has 0 aliphatic rings. The van der Waals surface area contributed by atoms with Crippen LogP contribution >= 0.6 is 23.2 Å². The second-order valence-corrected chi connectivity index (χ2v) is 6.65. The molecule has 0 bridgehead atoms. The van der Waals surface area contributed by atoms with E-state index in [-0.39, 0.29) is 27.0 Å². The predicted molar refractivity (Wildman–Crippen MR) is 101 cm³/mol. The monoisotopic (exact) mass is 442 g/mol. The van der Waals surface area contributed by atoms with Gasteiger partial charge in [-0.25, -0.2) is 4.68 Å². The maximum atomic E-state index is 13.7. The van der Waals surface area contributed by atoms with E-state index in [1.807, 2.05) is 0 Å². The van der Waals surface area contributed by atoms with Gasteiger partial charge in [-0.15, -0.1) is 0 Å². The molecule has 29 heavy (non-hydrogen) atoms. The van der Waals surface area contributed by atoms with Crippen molar-refractivity contribution in [2.75, 3.05) is 5.32 Å². The molecule has 2 aromatic carbocycles. The smallest absolute Gasteiger partial charge is 0.366 e. The molecule has 0 unspecified atom stereocenters. The lowest BCUT2D eigenvalue weighted by Gasteiger charge is -2.13. The van der Waals surface area contributed by atoms with Gasteiger partial charge in [0.05, 0.1) is 28.2 Å². The number of alkyl halides is 3.